The number of piperazine rings is 1. The predicted molar refractivity (Wildman–Crippen MR) is 247 cm³/mol. The smallest absolute Gasteiger partial charge is 0.261 e. The van der Waals surface area contributed by atoms with Crippen LogP contribution < -0.4 is 15.5 Å². The number of nitrogens with zero attached hydrogens (tertiary/aromatic N) is 4. The Bertz CT molecular complexity index is 2100. The zero-order valence-corrected chi connectivity index (χ0v) is 39.1. The number of fused-ring (bicyclic) bond motifs is 5. The summed E-state index contributed by atoms with van der Waals surface area (Å²) in [5.74, 6) is 10.3. The minimum absolute atomic E-state index is 0.000577. The largest absolute Gasteiger partial charge is 0.364 e. The standard InChI is InChI=1S/C50H68N6O2.CH4O3S/c1-30-14-41-39-5-4-37-21-38(57)6-8-47(37,2)40(39)7-9-48(41,3)45(30)42(58)29-55-10-12-56(13-11-55)44-22-43(53-49-23-31-15-32(24-49)17-33(16-31)25-49)51-46(52-44)54-50-26-34-18-35(27-50)20-36(19-34)28-50;1-5(2,3)4/h6-8,21-22,30-36,39,41,45H,4-5,9-20,23-29H2,1-3H3,(H2,51,52,53,54);1H3,(H,2,3,4)/t30-,31?,32?,33?,34?,35?,36?,39-,41+,45-,47+,48+,49?,50?;/m1./s1. The van der Waals surface area contributed by atoms with Crippen molar-refractivity contribution in [3.63, 3.8) is 0 Å². The first-order valence-corrected chi connectivity index (χ1v) is 26.8. The van der Waals surface area contributed by atoms with E-state index in [1.165, 1.54) is 88.2 Å². The van der Waals surface area contributed by atoms with Crippen molar-refractivity contribution in [2.45, 2.75) is 135 Å². The number of hydrogen-bond donors (Lipinski definition) is 3. The fourth-order valence-corrected chi connectivity index (χ4v) is 17.8. The van der Waals surface area contributed by atoms with Gasteiger partial charge >= 0.3 is 0 Å². The maximum absolute atomic E-state index is 14.5. The maximum atomic E-state index is 14.5. The SMILES string of the molecule is CS(=O)(=O)O.C[C@@H]1C[C@H]2[C@@H]3CCC4=CC(=O)C=C[C@]4(C)C3=CC[C@]2(C)[C@H]1C(=O)CN1CCN(c2cc(NC34CC5CC(CC(C5)C3)C4)nc(NC34CC5CC(CC(C5)C3)C4)n2)CC1. The van der Waals surface area contributed by atoms with Crippen LogP contribution >= 0.6 is 0 Å². The van der Waals surface area contributed by atoms with Gasteiger partial charge in [0.2, 0.25) is 5.95 Å². The molecule has 8 bridgehead atoms. The van der Waals surface area contributed by atoms with Gasteiger partial charge in [-0.1, -0.05) is 37.1 Å². The Balaban J connectivity index is 0.000000844. The minimum Gasteiger partial charge on any atom is -0.364 e. The molecular formula is C51H72N6O5S. The summed E-state index contributed by atoms with van der Waals surface area (Å²) in [6, 6.07) is 2.28. The molecule has 63 heavy (non-hydrogen) atoms. The monoisotopic (exact) mass is 881 g/mol. The van der Waals surface area contributed by atoms with E-state index < -0.39 is 10.1 Å². The van der Waals surface area contributed by atoms with Crippen LogP contribution in [-0.2, 0) is 19.7 Å². The number of rotatable bonds is 8. The van der Waals surface area contributed by atoms with Crippen LogP contribution in [0.3, 0.4) is 0 Å². The van der Waals surface area contributed by atoms with Gasteiger partial charge in [0.15, 0.2) is 11.6 Å². The number of carbonyl (C=O) groups excluding carboxylic acids is 2. The molecule has 1 aliphatic heterocycles. The van der Waals surface area contributed by atoms with E-state index >= 15 is 0 Å². The van der Waals surface area contributed by atoms with Gasteiger partial charge < -0.3 is 15.5 Å². The highest BCUT2D eigenvalue weighted by molar-refractivity contribution is 7.85. The molecule has 1 aromatic rings. The fraction of sp³-hybridized carbons (Fsp3) is 0.765. The van der Waals surface area contributed by atoms with Crippen molar-refractivity contribution in [1.82, 2.24) is 14.9 Å². The lowest BCUT2D eigenvalue weighted by molar-refractivity contribution is -0.129. The first kappa shape index (κ1) is 42.5. The first-order chi connectivity index (χ1) is 29.9. The summed E-state index contributed by atoms with van der Waals surface area (Å²) in [6.07, 6.45) is 29.7. The number of carbonyl (C=O) groups is 2. The van der Waals surface area contributed by atoms with E-state index in [0.29, 0.717) is 36.3 Å². The Labute approximate surface area is 375 Å². The molecule has 11 nitrogen and oxygen atoms in total. The molecule has 10 saturated carbocycles. The lowest BCUT2D eigenvalue weighted by Gasteiger charge is -2.57. The molecule has 0 amide bonds. The molecule has 6 atom stereocenters. The molecule has 1 aromatic heterocycles. The van der Waals surface area contributed by atoms with Gasteiger partial charge in [0.05, 0.1) is 12.8 Å². The number of Topliss-reactive ketones (excluding diaryl/α,β-unsaturated/α-hetero) is 1. The van der Waals surface area contributed by atoms with E-state index in [2.05, 4.69) is 59.4 Å². The van der Waals surface area contributed by atoms with Crippen LogP contribution in [0.15, 0.2) is 41.5 Å². The molecule has 12 aliphatic carbocycles. The highest BCUT2D eigenvalue weighted by Gasteiger charge is 2.59. The normalized spacial score (nSPS) is 44.2. The van der Waals surface area contributed by atoms with Crippen LogP contribution in [0, 0.1) is 70.0 Å². The van der Waals surface area contributed by atoms with E-state index in [9.17, 15) is 18.0 Å². The van der Waals surface area contributed by atoms with Crippen molar-refractivity contribution >= 4 is 39.3 Å². The maximum Gasteiger partial charge on any atom is 0.261 e. The topological polar surface area (TPSA) is 145 Å². The van der Waals surface area contributed by atoms with E-state index in [1.807, 2.05) is 6.08 Å². The van der Waals surface area contributed by atoms with Gasteiger partial charge in [-0.05, 0) is 180 Å². The predicted octanol–water partition coefficient (Wildman–Crippen LogP) is 8.52. The Morgan fingerprint density at radius 1 is 0.841 bits per heavy atom. The number of aromatic nitrogens is 2. The quantitative estimate of drug-likeness (QED) is 0.171. The lowest BCUT2D eigenvalue weighted by atomic mass is 9.52. The Morgan fingerprint density at radius 2 is 1.40 bits per heavy atom. The molecule has 0 radical (unpaired) electrons. The van der Waals surface area contributed by atoms with Crippen LogP contribution in [0.1, 0.15) is 124 Å². The molecule has 14 rings (SSSR count). The molecule has 2 heterocycles. The molecule has 342 valence electrons. The number of hydrogen-bond acceptors (Lipinski definition) is 10. The molecule has 11 fully saturated rings. The average molecular weight is 881 g/mol. The summed E-state index contributed by atoms with van der Waals surface area (Å²) < 4.78 is 25.9. The highest BCUT2D eigenvalue weighted by atomic mass is 32.2. The van der Waals surface area contributed by atoms with Crippen LogP contribution in [0.4, 0.5) is 17.6 Å². The van der Waals surface area contributed by atoms with Crippen molar-refractivity contribution in [3.8, 4) is 0 Å². The Morgan fingerprint density at radius 3 is 1.97 bits per heavy atom. The van der Waals surface area contributed by atoms with Crippen molar-refractivity contribution in [2.75, 3.05) is 54.5 Å². The fourth-order valence-electron chi connectivity index (χ4n) is 17.8. The van der Waals surface area contributed by atoms with Crippen LogP contribution in [0.2, 0.25) is 0 Å². The van der Waals surface area contributed by atoms with Gasteiger partial charge in [0, 0.05) is 54.7 Å². The molecule has 3 N–H and O–H groups in total. The molecule has 13 aliphatic rings. The molecule has 1 saturated heterocycles. The van der Waals surface area contributed by atoms with E-state index in [4.69, 9.17) is 14.5 Å². The molecule has 0 aromatic carbocycles. The third-order valence-electron chi connectivity index (χ3n) is 19.3. The summed E-state index contributed by atoms with van der Waals surface area (Å²) in [5, 5.41) is 8.23. The summed E-state index contributed by atoms with van der Waals surface area (Å²) in [5.41, 5.74) is 3.03. The van der Waals surface area contributed by atoms with Gasteiger partial charge in [0.1, 0.15) is 11.6 Å². The summed E-state index contributed by atoms with van der Waals surface area (Å²) >= 11 is 0. The second-order valence-electron chi connectivity index (χ2n) is 24.0. The summed E-state index contributed by atoms with van der Waals surface area (Å²) in [4.78, 5) is 42.4. The second kappa shape index (κ2) is 15.2. The van der Waals surface area contributed by atoms with Gasteiger partial charge in [-0.2, -0.15) is 18.4 Å². The zero-order valence-electron chi connectivity index (χ0n) is 38.3. The van der Waals surface area contributed by atoms with Crippen molar-refractivity contribution in [1.29, 1.82) is 0 Å². The second-order valence-corrected chi connectivity index (χ2v) is 25.4. The Hall–Kier alpha value is -3.09. The van der Waals surface area contributed by atoms with Gasteiger partial charge in [-0.3, -0.25) is 19.0 Å². The number of allylic oxidation sites excluding steroid dienone is 6. The third-order valence-corrected chi connectivity index (χ3v) is 19.3. The number of nitrogens with one attached hydrogen (secondary N) is 2. The average Bonchev–Trinajstić information content (AvgIpc) is 3.46. The minimum atomic E-state index is -3.67. The highest BCUT2D eigenvalue weighted by Crippen LogP contribution is 2.65. The van der Waals surface area contributed by atoms with Gasteiger partial charge in [-0.15, -0.1) is 0 Å². The first-order valence-electron chi connectivity index (χ1n) is 24.9. The van der Waals surface area contributed by atoms with Crippen molar-refractivity contribution < 1.29 is 22.6 Å². The lowest BCUT2D eigenvalue weighted by Crippen LogP contribution is -2.55. The van der Waals surface area contributed by atoms with E-state index in [1.54, 1.807) is 6.08 Å². The Kier molecular flexibility index (Phi) is 10.3. The molecule has 0 spiro atoms. The van der Waals surface area contributed by atoms with Gasteiger partial charge in [0.25, 0.3) is 10.1 Å². The van der Waals surface area contributed by atoms with Crippen molar-refractivity contribution in [3.05, 3.63) is 41.5 Å². The molecular weight excluding hydrogens is 809 g/mol. The summed E-state index contributed by atoms with van der Waals surface area (Å²) in [6.45, 7) is 11.2. The molecule has 0 unspecified atom stereocenters. The van der Waals surface area contributed by atoms with E-state index in [0.717, 1.165) is 105 Å². The van der Waals surface area contributed by atoms with Crippen LogP contribution in [-0.4, -0.2) is 89.5 Å². The van der Waals surface area contributed by atoms with Crippen molar-refractivity contribution in [2.24, 2.45) is 70.0 Å². The third kappa shape index (κ3) is 7.85. The zero-order chi connectivity index (χ0) is 43.7. The summed E-state index contributed by atoms with van der Waals surface area (Å²) in [7, 11) is -3.67. The van der Waals surface area contributed by atoms with E-state index in [-0.39, 0.29) is 33.6 Å². The molecule has 12 heteroatoms. The van der Waals surface area contributed by atoms with Crippen LogP contribution in [0.5, 0.6) is 0 Å². The number of ketones is 2. The van der Waals surface area contributed by atoms with Crippen LogP contribution in [0.25, 0.3) is 0 Å². The number of anilines is 3. The van der Waals surface area contributed by atoms with Gasteiger partial charge in [-0.25, -0.2) is 0 Å².